The summed E-state index contributed by atoms with van der Waals surface area (Å²) in [6, 6.07) is 0. The average Bonchev–Trinajstić information content (AvgIpc) is 3.51. The zero-order valence-electron chi connectivity index (χ0n) is 36.7. The first-order chi connectivity index (χ1) is 27.7. The van der Waals surface area contributed by atoms with Gasteiger partial charge in [0.1, 0.15) is 29.8 Å². The van der Waals surface area contributed by atoms with E-state index >= 15 is 0 Å². The highest BCUT2D eigenvalue weighted by atomic mass is 16.7. The molecule has 3 aliphatic rings. The van der Waals surface area contributed by atoms with Crippen molar-refractivity contribution in [3.63, 3.8) is 0 Å². The van der Waals surface area contributed by atoms with Crippen LogP contribution in [0.2, 0.25) is 0 Å². The molecule has 0 aromatic rings. The fourth-order valence-corrected chi connectivity index (χ4v) is 8.25. The summed E-state index contributed by atoms with van der Waals surface area (Å²) < 4.78 is 36.3. The molecule has 2 aliphatic heterocycles. The number of carbonyl (C=O) groups is 4. The first-order valence-corrected chi connectivity index (χ1v) is 20.5. The summed E-state index contributed by atoms with van der Waals surface area (Å²) in [4.78, 5) is 51.4. The maximum absolute atomic E-state index is 13.8. The van der Waals surface area contributed by atoms with E-state index in [0.717, 1.165) is 17.7 Å². The molecule has 12 atom stereocenters. The maximum Gasteiger partial charge on any atom is 0.373 e. The van der Waals surface area contributed by atoms with Gasteiger partial charge in [0.25, 0.3) is 0 Å². The van der Waals surface area contributed by atoms with E-state index in [-0.39, 0.29) is 60.1 Å². The second-order valence-electron chi connectivity index (χ2n) is 16.7. The summed E-state index contributed by atoms with van der Waals surface area (Å²) in [5, 5.41) is 35.5. The van der Waals surface area contributed by atoms with Gasteiger partial charge in [-0.2, -0.15) is 0 Å². The van der Waals surface area contributed by atoms with Gasteiger partial charge in [0.05, 0.1) is 25.4 Å². The number of hydrogen-bond acceptors (Lipinski definition) is 13. The molecule has 2 heterocycles. The number of methoxy groups -OCH3 is 3. The molecule has 1 amide bonds. The fourth-order valence-electron chi connectivity index (χ4n) is 8.25. The minimum absolute atomic E-state index is 0.00964. The molecule has 12 unspecified atom stereocenters. The summed E-state index contributed by atoms with van der Waals surface area (Å²) >= 11 is 0. The molecular formula is C45H67NO13. The lowest BCUT2D eigenvalue weighted by atomic mass is 9.76. The number of rotatable bonds is 12. The van der Waals surface area contributed by atoms with Crippen molar-refractivity contribution in [2.45, 2.75) is 130 Å². The van der Waals surface area contributed by atoms with Gasteiger partial charge >= 0.3 is 11.9 Å². The van der Waals surface area contributed by atoms with Gasteiger partial charge in [0.15, 0.2) is 11.6 Å². The fraction of sp³-hybridized carbons (Fsp3) is 0.644. The third-order valence-corrected chi connectivity index (χ3v) is 11.8. The Morgan fingerprint density at radius 2 is 1.69 bits per heavy atom. The van der Waals surface area contributed by atoms with Crippen molar-refractivity contribution in [2.75, 3.05) is 21.3 Å². The molecule has 0 bridgehead atoms. The maximum atomic E-state index is 13.8. The predicted octanol–water partition coefficient (Wildman–Crippen LogP) is 5.70. The van der Waals surface area contributed by atoms with Gasteiger partial charge < -0.3 is 49.1 Å². The van der Waals surface area contributed by atoms with E-state index in [1.54, 1.807) is 32.1 Å². The van der Waals surface area contributed by atoms with Crippen molar-refractivity contribution in [1.82, 2.24) is 5.32 Å². The number of carbonyl (C=O) groups excluding carboxylic acids is 4. The predicted molar refractivity (Wildman–Crippen MR) is 220 cm³/mol. The normalized spacial score (nSPS) is 35.1. The number of esters is 2. The Morgan fingerprint density at radius 1 is 1.02 bits per heavy atom. The molecular weight excluding hydrogens is 762 g/mol. The molecule has 330 valence electrons. The second kappa shape index (κ2) is 22.0. The van der Waals surface area contributed by atoms with Gasteiger partial charge in [-0.15, -0.1) is 0 Å². The van der Waals surface area contributed by atoms with Crippen LogP contribution in [0, 0.1) is 35.5 Å². The van der Waals surface area contributed by atoms with Crippen LogP contribution >= 0.6 is 0 Å². The van der Waals surface area contributed by atoms with Crippen LogP contribution in [-0.4, -0.2) is 103 Å². The lowest BCUT2D eigenvalue weighted by Crippen LogP contribution is -2.60. The first kappa shape index (κ1) is 49.3. The molecule has 1 fully saturated rings. The quantitative estimate of drug-likeness (QED) is 0.138. The van der Waals surface area contributed by atoms with E-state index in [1.807, 2.05) is 60.6 Å². The second-order valence-corrected chi connectivity index (χ2v) is 16.7. The van der Waals surface area contributed by atoms with Crippen LogP contribution in [0.4, 0.5) is 0 Å². The molecule has 4 N–H and O–H groups in total. The smallest absolute Gasteiger partial charge is 0.373 e. The minimum atomic E-state index is -1.49. The molecule has 14 nitrogen and oxygen atoms in total. The zero-order chi connectivity index (χ0) is 44.4. The van der Waals surface area contributed by atoms with E-state index in [0.29, 0.717) is 12.0 Å². The van der Waals surface area contributed by atoms with E-state index in [4.69, 9.17) is 28.4 Å². The Bertz CT molecular complexity index is 1690. The number of ether oxygens (including phenoxy) is 6. The van der Waals surface area contributed by atoms with Crippen LogP contribution in [0.3, 0.4) is 0 Å². The SMILES string of the molecule is CO/C1=C\C(C)=C\C(C)C(O)C(C)C/C(C)=C/C=C/C(OC)C(C(C)C(O)C(C)C2(OC)CC(OC(=O)/C=C/C(=O)NC3=C(O)CCC3=O)C(C)C(C(C)C)O2)OC1=O. The lowest BCUT2D eigenvalue weighted by molar-refractivity contribution is -0.339. The van der Waals surface area contributed by atoms with Crippen LogP contribution in [0.5, 0.6) is 0 Å². The van der Waals surface area contributed by atoms with Crippen LogP contribution in [0.1, 0.15) is 88.0 Å². The van der Waals surface area contributed by atoms with Crippen LogP contribution in [0.15, 0.2) is 70.9 Å². The van der Waals surface area contributed by atoms with Crippen molar-refractivity contribution in [2.24, 2.45) is 35.5 Å². The monoisotopic (exact) mass is 829 g/mol. The zero-order valence-corrected chi connectivity index (χ0v) is 36.7. The highest BCUT2D eigenvalue weighted by molar-refractivity contribution is 6.04. The number of nitrogens with one attached hydrogen (secondary N) is 1. The van der Waals surface area contributed by atoms with E-state index < -0.39 is 77.9 Å². The molecule has 3 rings (SSSR count). The molecule has 14 heteroatoms. The van der Waals surface area contributed by atoms with Crippen molar-refractivity contribution in [3.8, 4) is 0 Å². The minimum Gasteiger partial charge on any atom is -0.510 e. The Morgan fingerprint density at radius 3 is 2.27 bits per heavy atom. The molecule has 0 radical (unpaired) electrons. The van der Waals surface area contributed by atoms with E-state index in [2.05, 4.69) is 5.32 Å². The largest absolute Gasteiger partial charge is 0.510 e. The summed E-state index contributed by atoms with van der Waals surface area (Å²) in [6.07, 6.45) is 6.62. The van der Waals surface area contributed by atoms with Gasteiger partial charge in [-0.05, 0) is 38.2 Å². The van der Waals surface area contributed by atoms with Gasteiger partial charge in [-0.3, -0.25) is 9.59 Å². The number of amides is 1. The molecule has 0 saturated carbocycles. The number of aliphatic hydroxyl groups excluding tert-OH is 3. The Labute approximate surface area is 349 Å². The molecule has 59 heavy (non-hydrogen) atoms. The molecule has 1 saturated heterocycles. The van der Waals surface area contributed by atoms with Crippen LogP contribution in [-0.2, 0) is 47.6 Å². The van der Waals surface area contributed by atoms with Crippen molar-refractivity contribution < 1.29 is 62.9 Å². The van der Waals surface area contributed by atoms with Crippen molar-refractivity contribution >= 4 is 23.6 Å². The first-order valence-electron chi connectivity index (χ1n) is 20.5. The van der Waals surface area contributed by atoms with Crippen LogP contribution < -0.4 is 5.32 Å². The highest BCUT2D eigenvalue weighted by Crippen LogP contribution is 2.44. The Kier molecular flexibility index (Phi) is 18.3. The van der Waals surface area contributed by atoms with Gasteiger partial charge in [0, 0.05) is 69.3 Å². The van der Waals surface area contributed by atoms with Gasteiger partial charge in [-0.1, -0.05) is 83.9 Å². The number of hydrogen-bond donors (Lipinski definition) is 4. The van der Waals surface area contributed by atoms with Crippen molar-refractivity contribution in [3.05, 3.63) is 70.9 Å². The average molecular weight is 830 g/mol. The number of ketones is 1. The Balaban J connectivity index is 1.96. The third-order valence-electron chi connectivity index (χ3n) is 11.8. The lowest BCUT2D eigenvalue weighted by Gasteiger charge is -2.51. The number of allylic oxidation sites excluding steroid dienone is 7. The van der Waals surface area contributed by atoms with Crippen molar-refractivity contribution in [1.29, 1.82) is 0 Å². The van der Waals surface area contributed by atoms with E-state index in [1.165, 1.54) is 21.3 Å². The molecule has 0 aromatic carbocycles. The van der Waals surface area contributed by atoms with Gasteiger partial charge in [-0.25, -0.2) is 9.59 Å². The standard InChI is InChI=1S/C45H67NO13/c1-24(2)42-29(7)36(57-38(50)19-18-37(49)46-39-32(47)16-17-33(39)48)23-45(56-12,59-42)31(9)41(52)30(8)43-34(54-10)15-13-14-25(3)20-27(5)40(51)28(6)21-26(4)22-35(55-11)44(53)58-43/h13-15,18-19,21-22,24,27-31,34,36,40-43,47,51-52H,16-17,20,23H2,1-12H3,(H,46,49)/b15-13+,19-18+,25-14+,26-21+,35-22-. The summed E-state index contributed by atoms with van der Waals surface area (Å²) in [5.74, 6) is -6.84. The van der Waals surface area contributed by atoms with Gasteiger partial charge in [0.2, 0.25) is 11.7 Å². The number of Topliss-reactive ketones (excluding diaryl/α,β-unsaturated/α-hetero) is 1. The summed E-state index contributed by atoms with van der Waals surface area (Å²) in [7, 11) is 4.29. The number of aliphatic hydroxyl groups is 3. The summed E-state index contributed by atoms with van der Waals surface area (Å²) in [5.41, 5.74) is 1.53. The topological polar surface area (TPSA) is 196 Å². The molecule has 1 aliphatic carbocycles. The van der Waals surface area contributed by atoms with Crippen LogP contribution in [0.25, 0.3) is 0 Å². The molecule has 0 aromatic heterocycles. The Hall–Kier alpha value is -4.08. The third kappa shape index (κ3) is 12.7. The summed E-state index contributed by atoms with van der Waals surface area (Å²) in [6.45, 7) is 17.0. The molecule has 0 spiro atoms. The number of cyclic esters (lactones) is 1. The van der Waals surface area contributed by atoms with E-state index in [9.17, 15) is 34.5 Å². The highest BCUT2D eigenvalue weighted by Gasteiger charge is 2.54.